The van der Waals surface area contributed by atoms with E-state index in [2.05, 4.69) is 15.6 Å². The summed E-state index contributed by atoms with van der Waals surface area (Å²) in [6.07, 6.45) is 1.76. The first-order valence-corrected chi connectivity index (χ1v) is 4.78. The molecule has 0 bridgehead atoms. The Kier molecular flexibility index (Phi) is 4.26. The van der Waals surface area contributed by atoms with Crippen LogP contribution in [-0.2, 0) is 4.79 Å². The minimum Gasteiger partial charge on any atom is -0.478 e. The van der Waals surface area contributed by atoms with Crippen molar-refractivity contribution in [1.82, 2.24) is 10.3 Å². The summed E-state index contributed by atoms with van der Waals surface area (Å²) in [6, 6.07) is 3.00. The highest BCUT2D eigenvalue weighted by Crippen LogP contribution is 2.10. The van der Waals surface area contributed by atoms with Gasteiger partial charge in [0.05, 0.1) is 0 Å². The number of aromatic carboxylic acids is 1. The van der Waals surface area contributed by atoms with Crippen molar-refractivity contribution in [3.8, 4) is 0 Å². The molecule has 0 aliphatic heterocycles. The highest BCUT2D eigenvalue weighted by molar-refractivity contribution is 5.93. The average molecular weight is 223 g/mol. The molecule has 1 aromatic rings. The molecule has 0 aliphatic rings. The molecule has 0 saturated heterocycles. The van der Waals surface area contributed by atoms with Crippen molar-refractivity contribution in [3.63, 3.8) is 0 Å². The molecule has 1 aromatic heterocycles. The summed E-state index contributed by atoms with van der Waals surface area (Å²) in [7, 11) is 1.55. The first-order chi connectivity index (χ1) is 7.65. The van der Waals surface area contributed by atoms with E-state index < -0.39 is 5.97 Å². The number of rotatable bonds is 5. The van der Waals surface area contributed by atoms with Crippen LogP contribution < -0.4 is 10.6 Å². The van der Waals surface area contributed by atoms with E-state index in [4.69, 9.17) is 5.11 Å². The summed E-state index contributed by atoms with van der Waals surface area (Å²) in [5, 5.41) is 14.1. The first kappa shape index (κ1) is 12.0. The summed E-state index contributed by atoms with van der Waals surface area (Å²) in [5.74, 6) is -0.880. The van der Waals surface area contributed by atoms with Crippen molar-refractivity contribution < 1.29 is 14.7 Å². The van der Waals surface area contributed by atoms with Gasteiger partial charge in [0.1, 0.15) is 11.4 Å². The predicted molar refractivity (Wildman–Crippen MR) is 58.4 cm³/mol. The molecule has 1 heterocycles. The number of carboxylic acids is 1. The molecule has 0 unspecified atom stereocenters. The third kappa shape index (κ3) is 3.23. The van der Waals surface area contributed by atoms with E-state index >= 15 is 0 Å². The summed E-state index contributed by atoms with van der Waals surface area (Å²) in [4.78, 5) is 25.6. The number of anilines is 1. The molecule has 6 heteroatoms. The first-order valence-electron chi connectivity index (χ1n) is 4.78. The number of hydrogen-bond acceptors (Lipinski definition) is 4. The lowest BCUT2D eigenvalue weighted by Crippen LogP contribution is -2.21. The molecular formula is C10H13N3O3. The van der Waals surface area contributed by atoms with Gasteiger partial charge in [-0.1, -0.05) is 0 Å². The van der Waals surface area contributed by atoms with E-state index in [1.807, 2.05) is 0 Å². The Balaban J connectivity index is 2.60. The molecule has 86 valence electrons. The number of carbonyl (C=O) groups is 2. The maximum absolute atomic E-state index is 10.9. The van der Waals surface area contributed by atoms with Crippen LogP contribution in [0.1, 0.15) is 16.8 Å². The van der Waals surface area contributed by atoms with Gasteiger partial charge in [0, 0.05) is 26.2 Å². The maximum atomic E-state index is 10.9. The van der Waals surface area contributed by atoms with E-state index in [9.17, 15) is 9.59 Å². The molecular weight excluding hydrogens is 210 g/mol. The fourth-order valence-electron chi connectivity index (χ4n) is 1.14. The summed E-state index contributed by atoms with van der Waals surface area (Å²) >= 11 is 0. The van der Waals surface area contributed by atoms with Crippen LogP contribution in [0, 0.1) is 0 Å². The van der Waals surface area contributed by atoms with Crippen molar-refractivity contribution in [1.29, 1.82) is 0 Å². The lowest BCUT2D eigenvalue weighted by Gasteiger charge is -2.07. The maximum Gasteiger partial charge on any atom is 0.339 e. The van der Waals surface area contributed by atoms with Crippen LogP contribution in [0.5, 0.6) is 0 Å². The van der Waals surface area contributed by atoms with Gasteiger partial charge in [-0.3, -0.25) is 4.79 Å². The molecule has 0 atom stereocenters. The molecule has 3 N–H and O–H groups in total. The van der Waals surface area contributed by atoms with Gasteiger partial charge in [-0.25, -0.2) is 9.78 Å². The molecule has 0 aliphatic carbocycles. The van der Waals surface area contributed by atoms with Crippen LogP contribution in [0.15, 0.2) is 18.3 Å². The van der Waals surface area contributed by atoms with Gasteiger partial charge < -0.3 is 15.7 Å². The SMILES string of the molecule is CNC(=O)CCNc1ncccc1C(=O)O. The van der Waals surface area contributed by atoms with Gasteiger partial charge >= 0.3 is 5.97 Å². The molecule has 0 radical (unpaired) electrons. The molecule has 16 heavy (non-hydrogen) atoms. The van der Waals surface area contributed by atoms with Crippen molar-refractivity contribution in [2.24, 2.45) is 0 Å². The number of amides is 1. The van der Waals surface area contributed by atoms with Gasteiger partial charge in [-0.2, -0.15) is 0 Å². The number of pyridine rings is 1. The highest BCUT2D eigenvalue weighted by Gasteiger charge is 2.09. The van der Waals surface area contributed by atoms with Crippen LogP contribution in [0.4, 0.5) is 5.82 Å². The summed E-state index contributed by atoms with van der Waals surface area (Å²) in [5.41, 5.74) is 0.0967. The highest BCUT2D eigenvalue weighted by atomic mass is 16.4. The molecule has 0 fully saturated rings. The van der Waals surface area contributed by atoms with Gasteiger partial charge in [0.25, 0.3) is 0 Å². The third-order valence-corrected chi connectivity index (χ3v) is 1.96. The Hall–Kier alpha value is -2.11. The van der Waals surface area contributed by atoms with Crippen LogP contribution >= 0.6 is 0 Å². The van der Waals surface area contributed by atoms with E-state index in [-0.39, 0.29) is 23.7 Å². The number of aromatic nitrogens is 1. The van der Waals surface area contributed by atoms with Crippen LogP contribution in [0.25, 0.3) is 0 Å². The third-order valence-electron chi connectivity index (χ3n) is 1.96. The second-order valence-corrected chi connectivity index (χ2v) is 3.05. The quantitative estimate of drug-likeness (QED) is 0.669. The lowest BCUT2D eigenvalue weighted by molar-refractivity contribution is -0.120. The van der Waals surface area contributed by atoms with Crippen molar-refractivity contribution in [2.45, 2.75) is 6.42 Å². The van der Waals surface area contributed by atoms with Crippen molar-refractivity contribution >= 4 is 17.7 Å². The van der Waals surface area contributed by atoms with Crippen molar-refractivity contribution in [3.05, 3.63) is 23.9 Å². The average Bonchev–Trinajstić information content (AvgIpc) is 2.29. The Morgan fingerprint density at radius 2 is 2.25 bits per heavy atom. The van der Waals surface area contributed by atoms with E-state index in [0.717, 1.165) is 0 Å². The minimum atomic E-state index is -1.05. The molecule has 0 spiro atoms. The van der Waals surface area contributed by atoms with Gasteiger partial charge in [0.15, 0.2) is 0 Å². The number of carbonyl (C=O) groups excluding carboxylic acids is 1. The van der Waals surface area contributed by atoms with E-state index in [1.54, 1.807) is 13.1 Å². The monoisotopic (exact) mass is 223 g/mol. The molecule has 0 saturated carbocycles. The molecule has 6 nitrogen and oxygen atoms in total. The smallest absolute Gasteiger partial charge is 0.339 e. The van der Waals surface area contributed by atoms with Gasteiger partial charge in [-0.05, 0) is 12.1 Å². The van der Waals surface area contributed by atoms with Crippen LogP contribution in [0.3, 0.4) is 0 Å². The zero-order chi connectivity index (χ0) is 12.0. The molecule has 0 aromatic carbocycles. The standard InChI is InChI=1S/C10H13N3O3/c1-11-8(14)4-6-13-9-7(10(15)16)3-2-5-12-9/h2-3,5H,4,6H2,1H3,(H,11,14)(H,12,13)(H,15,16). The predicted octanol–water partition coefficient (Wildman–Crippen LogP) is 0.328. The largest absolute Gasteiger partial charge is 0.478 e. The zero-order valence-corrected chi connectivity index (χ0v) is 8.86. The zero-order valence-electron chi connectivity index (χ0n) is 8.86. The van der Waals surface area contributed by atoms with Gasteiger partial charge in [0.2, 0.25) is 5.91 Å². The molecule has 1 rings (SSSR count). The molecule has 1 amide bonds. The number of carboxylic acid groups (broad SMARTS) is 1. The normalized spacial score (nSPS) is 9.56. The number of nitrogens with zero attached hydrogens (tertiary/aromatic N) is 1. The summed E-state index contributed by atoms with van der Waals surface area (Å²) < 4.78 is 0. The fraction of sp³-hybridized carbons (Fsp3) is 0.300. The fourth-order valence-corrected chi connectivity index (χ4v) is 1.14. The Morgan fingerprint density at radius 1 is 1.50 bits per heavy atom. The Bertz CT molecular complexity index is 393. The number of nitrogens with one attached hydrogen (secondary N) is 2. The second-order valence-electron chi connectivity index (χ2n) is 3.05. The van der Waals surface area contributed by atoms with E-state index in [1.165, 1.54) is 12.3 Å². The van der Waals surface area contributed by atoms with Crippen LogP contribution in [-0.4, -0.2) is 35.6 Å². The van der Waals surface area contributed by atoms with Crippen molar-refractivity contribution in [2.75, 3.05) is 18.9 Å². The Labute approximate surface area is 92.7 Å². The summed E-state index contributed by atoms with van der Waals surface area (Å²) in [6.45, 7) is 0.344. The number of hydrogen-bond donors (Lipinski definition) is 3. The van der Waals surface area contributed by atoms with E-state index in [0.29, 0.717) is 6.54 Å². The van der Waals surface area contributed by atoms with Gasteiger partial charge in [-0.15, -0.1) is 0 Å². The lowest BCUT2D eigenvalue weighted by atomic mass is 10.2. The minimum absolute atomic E-state index is 0.0967. The topological polar surface area (TPSA) is 91.3 Å². The van der Waals surface area contributed by atoms with Crippen LogP contribution in [0.2, 0.25) is 0 Å². The Morgan fingerprint density at radius 3 is 2.88 bits per heavy atom. The second kappa shape index (κ2) is 5.69.